The average Bonchev–Trinajstić information content (AvgIpc) is 3.32. The number of benzene rings is 1. The third-order valence-electron chi connectivity index (χ3n) is 3.83. The molecule has 0 aliphatic heterocycles. The van der Waals surface area contributed by atoms with Crippen molar-refractivity contribution >= 4 is 11.6 Å². The fourth-order valence-electron chi connectivity index (χ4n) is 2.49. The molecular weight excluding hydrogens is 286 g/mol. The minimum atomic E-state index is 0.483. The van der Waals surface area contributed by atoms with Crippen LogP contribution in [0.5, 0.6) is 0 Å². The van der Waals surface area contributed by atoms with Crippen molar-refractivity contribution in [2.75, 3.05) is 33.5 Å². The van der Waals surface area contributed by atoms with Gasteiger partial charge in [-0.15, -0.1) is 0 Å². The number of halogens is 1. The molecule has 1 atom stereocenters. The molecule has 0 amide bonds. The Bertz CT molecular complexity index is 392. The molecule has 1 N–H and O–H groups in total. The lowest BCUT2D eigenvalue weighted by molar-refractivity contribution is 0.0687. The Balaban J connectivity index is 1.64. The summed E-state index contributed by atoms with van der Waals surface area (Å²) in [5.41, 5.74) is 1.36. The summed E-state index contributed by atoms with van der Waals surface area (Å²) in [5, 5.41) is 4.50. The van der Waals surface area contributed by atoms with Gasteiger partial charge in [0.25, 0.3) is 0 Å². The van der Waals surface area contributed by atoms with Crippen molar-refractivity contribution in [2.45, 2.75) is 31.7 Å². The fraction of sp³-hybridized carbons (Fsp3) is 0.647. The van der Waals surface area contributed by atoms with Gasteiger partial charge in [0.1, 0.15) is 0 Å². The first-order valence-corrected chi connectivity index (χ1v) is 8.24. The Labute approximate surface area is 133 Å². The number of methoxy groups -OCH3 is 1. The van der Waals surface area contributed by atoms with Crippen LogP contribution >= 0.6 is 11.6 Å². The Morgan fingerprint density at radius 3 is 2.57 bits per heavy atom. The van der Waals surface area contributed by atoms with Crippen LogP contribution in [0.15, 0.2) is 24.3 Å². The summed E-state index contributed by atoms with van der Waals surface area (Å²) in [4.78, 5) is 0. The predicted molar refractivity (Wildman–Crippen MR) is 86.8 cm³/mol. The summed E-state index contributed by atoms with van der Waals surface area (Å²) in [6.45, 7) is 3.23. The average molecular weight is 312 g/mol. The van der Waals surface area contributed by atoms with E-state index in [-0.39, 0.29) is 0 Å². The zero-order valence-corrected chi connectivity index (χ0v) is 13.6. The van der Waals surface area contributed by atoms with Crippen molar-refractivity contribution in [1.82, 2.24) is 5.32 Å². The highest BCUT2D eigenvalue weighted by molar-refractivity contribution is 6.30. The molecule has 1 unspecified atom stereocenters. The summed E-state index contributed by atoms with van der Waals surface area (Å²) >= 11 is 5.97. The highest BCUT2D eigenvalue weighted by atomic mass is 35.5. The maximum absolute atomic E-state index is 5.97. The van der Waals surface area contributed by atoms with Crippen LogP contribution in [-0.4, -0.2) is 33.5 Å². The smallest absolute Gasteiger partial charge is 0.0700 e. The van der Waals surface area contributed by atoms with Crippen molar-refractivity contribution in [1.29, 1.82) is 0 Å². The molecule has 2 rings (SSSR count). The van der Waals surface area contributed by atoms with Gasteiger partial charge in [-0.3, -0.25) is 0 Å². The first-order valence-electron chi connectivity index (χ1n) is 7.87. The molecule has 1 aromatic carbocycles. The quantitative estimate of drug-likeness (QED) is 0.630. The minimum Gasteiger partial charge on any atom is -0.382 e. The number of ether oxygens (including phenoxy) is 2. The third-order valence-corrected chi connectivity index (χ3v) is 4.09. The van der Waals surface area contributed by atoms with E-state index in [1.165, 1.54) is 18.4 Å². The first-order chi connectivity index (χ1) is 10.3. The van der Waals surface area contributed by atoms with E-state index in [9.17, 15) is 0 Å². The number of hydrogen-bond donors (Lipinski definition) is 1. The van der Waals surface area contributed by atoms with Gasteiger partial charge >= 0.3 is 0 Å². The summed E-state index contributed by atoms with van der Waals surface area (Å²) in [5.74, 6) is 0.795. The largest absolute Gasteiger partial charge is 0.382 e. The van der Waals surface area contributed by atoms with Gasteiger partial charge in [-0.25, -0.2) is 0 Å². The molecule has 0 saturated heterocycles. The van der Waals surface area contributed by atoms with E-state index in [0.717, 1.165) is 36.9 Å². The van der Waals surface area contributed by atoms with Crippen LogP contribution < -0.4 is 5.32 Å². The second-order valence-electron chi connectivity index (χ2n) is 5.63. The molecule has 1 aliphatic rings. The lowest BCUT2D eigenvalue weighted by Crippen LogP contribution is -2.24. The summed E-state index contributed by atoms with van der Waals surface area (Å²) in [6, 6.07) is 8.74. The fourth-order valence-corrected chi connectivity index (χ4v) is 2.61. The molecule has 21 heavy (non-hydrogen) atoms. The Morgan fingerprint density at radius 1 is 1.14 bits per heavy atom. The molecule has 3 nitrogen and oxygen atoms in total. The van der Waals surface area contributed by atoms with Gasteiger partial charge in [0.15, 0.2) is 0 Å². The van der Waals surface area contributed by atoms with E-state index < -0.39 is 0 Å². The molecule has 1 saturated carbocycles. The van der Waals surface area contributed by atoms with Crippen LogP contribution in [0.25, 0.3) is 0 Å². The Kier molecular flexibility index (Phi) is 7.51. The normalized spacial score (nSPS) is 16.1. The summed E-state index contributed by atoms with van der Waals surface area (Å²) in [7, 11) is 1.70. The third kappa shape index (κ3) is 6.35. The summed E-state index contributed by atoms with van der Waals surface area (Å²) in [6.07, 6.45) is 4.90. The number of rotatable bonds is 11. The predicted octanol–water partition coefficient (Wildman–Crippen LogP) is 3.82. The standard InChI is InChI=1S/C17H26ClNO2/c1-20-12-13-21-11-3-2-10-19-17(14-4-5-14)15-6-8-16(18)9-7-15/h6-9,14,17,19H,2-5,10-13H2,1H3. The molecule has 0 bridgehead atoms. The van der Waals surface area contributed by atoms with E-state index in [0.29, 0.717) is 19.3 Å². The topological polar surface area (TPSA) is 30.5 Å². The molecule has 118 valence electrons. The lowest BCUT2D eigenvalue weighted by atomic mass is 10.0. The SMILES string of the molecule is COCCOCCCCNC(c1ccc(Cl)cc1)C1CC1. The van der Waals surface area contributed by atoms with E-state index in [2.05, 4.69) is 17.4 Å². The maximum atomic E-state index is 5.97. The van der Waals surface area contributed by atoms with E-state index >= 15 is 0 Å². The van der Waals surface area contributed by atoms with E-state index in [4.69, 9.17) is 21.1 Å². The number of nitrogens with one attached hydrogen (secondary N) is 1. The zero-order chi connectivity index (χ0) is 14.9. The van der Waals surface area contributed by atoms with Crippen LogP contribution in [-0.2, 0) is 9.47 Å². The molecular formula is C17H26ClNO2. The van der Waals surface area contributed by atoms with Crippen molar-refractivity contribution in [3.63, 3.8) is 0 Å². The number of hydrogen-bond acceptors (Lipinski definition) is 3. The van der Waals surface area contributed by atoms with Crippen molar-refractivity contribution in [2.24, 2.45) is 5.92 Å². The minimum absolute atomic E-state index is 0.483. The summed E-state index contributed by atoms with van der Waals surface area (Å²) < 4.78 is 10.4. The van der Waals surface area contributed by atoms with E-state index in [1.807, 2.05) is 12.1 Å². The zero-order valence-electron chi connectivity index (χ0n) is 12.8. The highest BCUT2D eigenvalue weighted by Gasteiger charge is 2.31. The molecule has 1 aromatic rings. The monoisotopic (exact) mass is 311 g/mol. The van der Waals surface area contributed by atoms with Crippen LogP contribution in [0, 0.1) is 5.92 Å². The van der Waals surface area contributed by atoms with Crippen molar-refractivity contribution < 1.29 is 9.47 Å². The molecule has 1 fully saturated rings. The lowest BCUT2D eigenvalue weighted by Gasteiger charge is -2.19. The Morgan fingerprint density at radius 2 is 1.90 bits per heavy atom. The second-order valence-corrected chi connectivity index (χ2v) is 6.07. The van der Waals surface area contributed by atoms with Crippen molar-refractivity contribution in [3.05, 3.63) is 34.9 Å². The van der Waals surface area contributed by atoms with Gasteiger partial charge in [-0.1, -0.05) is 23.7 Å². The van der Waals surface area contributed by atoms with Gasteiger partial charge in [0.05, 0.1) is 13.2 Å². The van der Waals surface area contributed by atoms with Gasteiger partial charge in [-0.2, -0.15) is 0 Å². The van der Waals surface area contributed by atoms with Crippen LogP contribution in [0.3, 0.4) is 0 Å². The van der Waals surface area contributed by atoms with Crippen LogP contribution in [0.4, 0.5) is 0 Å². The molecule has 0 spiro atoms. The highest BCUT2D eigenvalue weighted by Crippen LogP contribution is 2.41. The Hall–Kier alpha value is -0.610. The van der Waals surface area contributed by atoms with E-state index in [1.54, 1.807) is 7.11 Å². The molecule has 1 aliphatic carbocycles. The van der Waals surface area contributed by atoms with Gasteiger partial charge in [-0.05, 0) is 55.8 Å². The maximum Gasteiger partial charge on any atom is 0.0700 e. The second kappa shape index (κ2) is 9.42. The molecule has 4 heteroatoms. The van der Waals surface area contributed by atoms with Crippen LogP contribution in [0.1, 0.15) is 37.3 Å². The van der Waals surface area contributed by atoms with Gasteiger partial charge < -0.3 is 14.8 Å². The number of unbranched alkanes of at least 4 members (excludes halogenated alkanes) is 1. The van der Waals surface area contributed by atoms with Gasteiger partial charge in [0.2, 0.25) is 0 Å². The van der Waals surface area contributed by atoms with Gasteiger partial charge in [0, 0.05) is 24.8 Å². The van der Waals surface area contributed by atoms with Crippen molar-refractivity contribution in [3.8, 4) is 0 Å². The van der Waals surface area contributed by atoms with Crippen LogP contribution in [0.2, 0.25) is 5.02 Å². The molecule has 0 radical (unpaired) electrons. The molecule has 0 heterocycles. The first kappa shape index (κ1) is 16.8. The molecule has 0 aromatic heterocycles.